The van der Waals surface area contributed by atoms with Gasteiger partial charge >= 0.3 is 0 Å². The molecule has 0 aliphatic carbocycles. The Bertz CT molecular complexity index is 3400. The number of hydrogen-bond donors (Lipinski definition) is 0. The lowest BCUT2D eigenvalue weighted by atomic mass is 9.88. The molecule has 0 radical (unpaired) electrons. The van der Waals surface area contributed by atoms with Gasteiger partial charge in [0.25, 0.3) is 0 Å². The summed E-state index contributed by atoms with van der Waals surface area (Å²) in [7, 11) is 0. The van der Waals surface area contributed by atoms with Crippen LogP contribution in [0.15, 0.2) is 200 Å². The van der Waals surface area contributed by atoms with Gasteiger partial charge in [0.2, 0.25) is 0 Å². The standard InChI is InChI=1S/C63H56N4O2/c1-41(2)46-35-55(42(3)4)63(56(36-46)43(5)6)69-50-33-34-64-61(39-50)67-57-28-14-13-25-53(57)54-32-31-49(38-60(54)67)68-48-24-17-23-47(37-48)65-40-66(59-30-16-15-29-58(59)65)62-51(44-19-9-7-10-20-44)26-18-27-52(62)45-21-11-8-12-22-45/h7-39,41-43H,40H2,1-6H3. The molecule has 0 amide bonds. The van der Waals surface area contributed by atoms with Crippen molar-refractivity contribution in [1.29, 1.82) is 0 Å². The summed E-state index contributed by atoms with van der Waals surface area (Å²) in [6.45, 7) is 14.1. The maximum atomic E-state index is 6.94. The summed E-state index contributed by atoms with van der Waals surface area (Å²) in [5.74, 6) is 4.97. The lowest BCUT2D eigenvalue weighted by Gasteiger charge is -2.27. The van der Waals surface area contributed by atoms with E-state index in [0.29, 0.717) is 24.4 Å². The van der Waals surface area contributed by atoms with Crippen LogP contribution in [0.4, 0.5) is 22.7 Å². The van der Waals surface area contributed by atoms with Gasteiger partial charge in [-0.3, -0.25) is 4.57 Å². The van der Waals surface area contributed by atoms with Crippen LogP contribution >= 0.6 is 0 Å². The van der Waals surface area contributed by atoms with Crippen molar-refractivity contribution >= 4 is 44.6 Å². The molecule has 0 fully saturated rings. The van der Waals surface area contributed by atoms with E-state index in [4.69, 9.17) is 14.5 Å². The minimum Gasteiger partial charge on any atom is -0.457 e. The van der Waals surface area contributed by atoms with Gasteiger partial charge in [0.15, 0.2) is 0 Å². The summed E-state index contributed by atoms with van der Waals surface area (Å²) in [5.41, 5.74) is 15.1. The predicted molar refractivity (Wildman–Crippen MR) is 287 cm³/mol. The number of ether oxygens (including phenoxy) is 2. The lowest BCUT2D eigenvalue weighted by Crippen LogP contribution is -2.24. The van der Waals surface area contributed by atoms with Crippen LogP contribution in [0.2, 0.25) is 0 Å². The van der Waals surface area contributed by atoms with Crippen molar-refractivity contribution in [3.8, 4) is 51.1 Å². The van der Waals surface area contributed by atoms with Crippen molar-refractivity contribution in [3.05, 3.63) is 217 Å². The van der Waals surface area contributed by atoms with Gasteiger partial charge in [-0.25, -0.2) is 4.98 Å². The van der Waals surface area contributed by atoms with Crippen LogP contribution in [0.5, 0.6) is 23.0 Å². The van der Waals surface area contributed by atoms with Crippen molar-refractivity contribution in [2.75, 3.05) is 16.5 Å². The molecule has 6 heteroatoms. The number of hydrogen-bond acceptors (Lipinski definition) is 5. The highest BCUT2D eigenvalue weighted by Crippen LogP contribution is 2.50. The van der Waals surface area contributed by atoms with E-state index in [1.54, 1.807) is 0 Å². The topological polar surface area (TPSA) is 42.8 Å². The Balaban J connectivity index is 0.944. The molecule has 3 heterocycles. The molecule has 11 rings (SSSR count). The van der Waals surface area contributed by atoms with Crippen LogP contribution in [0.1, 0.15) is 76.0 Å². The first kappa shape index (κ1) is 43.5. The molecule has 0 unspecified atom stereocenters. The maximum Gasteiger partial charge on any atom is 0.141 e. The van der Waals surface area contributed by atoms with Gasteiger partial charge in [-0.05, 0) is 94.1 Å². The third-order valence-electron chi connectivity index (χ3n) is 13.5. The fourth-order valence-electron chi connectivity index (χ4n) is 9.98. The lowest BCUT2D eigenvalue weighted by molar-refractivity contribution is 0.462. The quantitative estimate of drug-likeness (QED) is 0.122. The highest BCUT2D eigenvalue weighted by atomic mass is 16.5. The van der Waals surface area contributed by atoms with Crippen LogP contribution in [-0.2, 0) is 0 Å². The molecule has 0 atom stereocenters. The monoisotopic (exact) mass is 900 g/mol. The molecule has 0 bridgehead atoms. The molecule has 8 aromatic carbocycles. The molecule has 0 spiro atoms. The molecule has 10 aromatic rings. The van der Waals surface area contributed by atoms with Crippen molar-refractivity contribution in [1.82, 2.24) is 9.55 Å². The van der Waals surface area contributed by atoms with Gasteiger partial charge in [0.1, 0.15) is 35.5 Å². The summed E-state index contributed by atoms with van der Waals surface area (Å²) in [6.07, 6.45) is 1.85. The second-order valence-electron chi connectivity index (χ2n) is 19.0. The van der Waals surface area contributed by atoms with Gasteiger partial charge in [-0.15, -0.1) is 0 Å². The molecular formula is C63H56N4O2. The molecular weight excluding hydrogens is 845 g/mol. The zero-order chi connectivity index (χ0) is 47.2. The number of benzene rings is 8. The third-order valence-corrected chi connectivity index (χ3v) is 13.5. The zero-order valence-corrected chi connectivity index (χ0v) is 40.1. The third kappa shape index (κ3) is 8.16. The van der Waals surface area contributed by atoms with Crippen LogP contribution in [-0.4, -0.2) is 16.2 Å². The van der Waals surface area contributed by atoms with Gasteiger partial charge in [0, 0.05) is 52.0 Å². The molecule has 2 aromatic heterocycles. The molecule has 69 heavy (non-hydrogen) atoms. The van der Waals surface area contributed by atoms with E-state index in [-0.39, 0.29) is 0 Å². The zero-order valence-electron chi connectivity index (χ0n) is 40.1. The van der Waals surface area contributed by atoms with E-state index < -0.39 is 0 Å². The summed E-state index contributed by atoms with van der Waals surface area (Å²) < 4.78 is 16.0. The Labute approximate surface area is 405 Å². The average molecular weight is 901 g/mol. The normalized spacial score (nSPS) is 12.5. The first-order valence-electron chi connectivity index (χ1n) is 24.2. The van der Waals surface area contributed by atoms with Crippen LogP contribution in [0, 0.1) is 0 Å². The van der Waals surface area contributed by atoms with Gasteiger partial charge < -0.3 is 19.3 Å². The molecule has 1 aliphatic heterocycles. The fourth-order valence-corrected chi connectivity index (χ4v) is 9.98. The number of aromatic nitrogens is 2. The van der Waals surface area contributed by atoms with E-state index in [2.05, 4.69) is 238 Å². The SMILES string of the molecule is CC(C)c1cc(C(C)C)c(Oc2ccnc(-n3c4ccccc4c4ccc(Oc5cccc(N6CN(c7c(-c8ccccc8)cccc7-c7ccccc7)c7ccccc76)c5)cc43)c2)c(C(C)C)c1. The number of para-hydroxylation sites is 4. The van der Waals surface area contributed by atoms with Crippen molar-refractivity contribution in [2.24, 2.45) is 0 Å². The Morgan fingerprint density at radius 2 is 1.03 bits per heavy atom. The Hall–Kier alpha value is -8.09. The fraction of sp³-hybridized carbons (Fsp3) is 0.159. The van der Waals surface area contributed by atoms with Gasteiger partial charge in [-0.2, -0.15) is 0 Å². The minimum atomic E-state index is 0.297. The number of nitrogens with zero attached hydrogens (tertiary/aromatic N) is 4. The largest absolute Gasteiger partial charge is 0.457 e. The van der Waals surface area contributed by atoms with Crippen LogP contribution < -0.4 is 19.3 Å². The number of pyridine rings is 1. The Morgan fingerprint density at radius 3 is 1.70 bits per heavy atom. The van der Waals surface area contributed by atoms with Crippen LogP contribution in [0.25, 0.3) is 49.9 Å². The van der Waals surface area contributed by atoms with Crippen LogP contribution in [0.3, 0.4) is 0 Å². The number of fused-ring (bicyclic) bond motifs is 4. The van der Waals surface area contributed by atoms with E-state index in [0.717, 1.165) is 67.7 Å². The summed E-state index contributed by atoms with van der Waals surface area (Å²) in [5, 5.41) is 2.26. The number of anilines is 4. The number of rotatable bonds is 12. The summed E-state index contributed by atoms with van der Waals surface area (Å²) in [6, 6.07) is 68.8. The summed E-state index contributed by atoms with van der Waals surface area (Å²) >= 11 is 0. The second-order valence-corrected chi connectivity index (χ2v) is 19.0. The minimum absolute atomic E-state index is 0.297. The first-order valence-corrected chi connectivity index (χ1v) is 24.2. The van der Waals surface area contributed by atoms with E-state index in [1.807, 2.05) is 18.3 Å². The van der Waals surface area contributed by atoms with E-state index in [9.17, 15) is 0 Å². The summed E-state index contributed by atoms with van der Waals surface area (Å²) in [4.78, 5) is 9.81. The smallest absolute Gasteiger partial charge is 0.141 e. The molecule has 0 saturated carbocycles. The van der Waals surface area contributed by atoms with Crippen molar-refractivity contribution < 1.29 is 9.47 Å². The molecule has 6 nitrogen and oxygen atoms in total. The van der Waals surface area contributed by atoms with Crippen molar-refractivity contribution in [2.45, 2.75) is 59.3 Å². The molecule has 0 saturated heterocycles. The Morgan fingerprint density at radius 1 is 0.449 bits per heavy atom. The first-order chi connectivity index (χ1) is 33.7. The van der Waals surface area contributed by atoms with Crippen molar-refractivity contribution in [3.63, 3.8) is 0 Å². The van der Waals surface area contributed by atoms with E-state index in [1.165, 1.54) is 44.6 Å². The van der Waals surface area contributed by atoms with Gasteiger partial charge in [-0.1, -0.05) is 169 Å². The molecule has 0 N–H and O–H groups in total. The second kappa shape index (κ2) is 18.2. The molecule has 340 valence electrons. The molecule has 1 aliphatic rings. The van der Waals surface area contributed by atoms with Gasteiger partial charge in [0.05, 0.1) is 28.1 Å². The predicted octanol–water partition coefficient (Wildman–Crippen LogP) is 17.7. The van der Waals surface area contributed by atoms with E-state index >= 15 is 0 Å². The Kier molecular flexibility index (Phi) is 11.5. The highest BCUT2D eigenvalue weighted by molar-refractivity contribution is 6.09. The maximum absolute atomic E-state index is 6.94. The average Bonchev–Trinajstić information content (AvgIpc) is 3.92. The highest BCUT2D eigenvalue weighted by Gasteiger charge is 2.31.